The highest BCUT2D eigenvalue weighted by Gasteiger charge is 2.27. The first-order valence-corrected chi connectivity index (χ1v) is 11.7. The van der Waals surface area contributed by atoms with Crippen LogP contribution in [-0.4, -0.2) is 50.7 Å². The highest BCUT2D eigenvalue weighted by Crippen LogP contribution is 2.34. The summed E-state index contributed by atoms with van der Waals surface area (Å²) in [5.41, 5.74) is -1.90. The summed E-state index contributed by atoms with van der Waals surface area (Å²) in [4.78, 5) is 17.3. The van der Waals surface area contributed by atoms with E-state index in [9.17, 15) is 23.8 Å². The second kappa shape index (κ2) is 10.3. The molecule has 1 aromatic heterocycles. The van der Waals surface area contributed by atoms with Crippen LogP contribution in [-0.2, 0) is 0 Å². The van der Waals surface area contributed by atoms with Gasteiger partial charge in [0.25, 0.3) is 5.91 Å². The monoisotopic (exact) mass is 549 g/mol. The van der Waals surface area contributed by atoms with Crippen LogP contribution in [0.3, 0.4) is 0 Å². The summed E-state index contributed by atoms with van der Waals surface area (Å²) in [5, 5.41) is 22.4. The van der Waals surface area contributed by atoms with Gasteiger partial charge in [0.2, 0.25) is 0 Å². The van der Waals surface area contributed by atoms with Crippen LogP contribution < -0.4 is 10.1 Å². The number of hydrogen-bond donors (Lipinski definition) is 3. The van der Waals surface area contributed by atoms with Gasteiger partial charge in [-0.25, -0.2) is 4.98 Å². The molecule has 7 nitrogen and oxygen atoms in total. The lowest BCUT2D eigenvalue weighted by molar-refractivity contribution is -0.0964. The number of hydrogen-bond acceptors (Lipinski definition) is 6. The van der Waals surface area contributed by atoms with Crippen molar-refractivity contribution in [1.29, 1.82) is 0 Å². The average molecular weight is 551 g/mol. The minimum atomic E-state index is -3.82. The van der Waals surface area contributed by atoms with Crippen LogP contribution in [0.5, 0.6) is 5.75 Å². The van der Waals surface area contributed by atoms with E-state index >= 15 is 0 Å². The van der Waals surface area contributed by atoms with Crippen LogP contribution in [0.1, 0.15) is 22.8 Å². The maximum absolute atomic E-state index is 12.8. The Bertz CT molecular complexity index is 1110. The van der Waals surface area contributed by atoms with Crippen LogP contribution in [0.4, 0.5) is 14.5 Å². The number of imidazole rings is 1. The second-order valence-corrected chi connectivity index (χ2v) is 8.74. The number of rotatable bonds is 9. The fraction of sp³-hybridized carbons (Fsp3) is 0.300. The summed E-state index contributed by atoms with van der Waals surface area (Å²) in [6.07, 6.45) is 2.19. The van der Waals surface area contributed by atoms with E-state index in [1.165, 1.54) is 36.0 Å². The highest BCUT2D eigenvalue weighted by molar-refractivity contribution is 9.10. The fourth-order valence-corrected chi connectivity index (χ4v) is 4.53. The van der Waals surface area contributed by atoms with Crippen LogP contribution >= 0.6 is 39.3 Å². The molecule has 0 bridgehead atoms. The normalized spacial score (nSPS) is 12.7. The van der Waals surface area contributed by atoms with Gasteiger partial charge < -0.3 is 24.8 Å². The SMILES string of the molecule is CSc1nc2cc(C(=O)Nc3ccc(OC(F)(F)Cl)cc3)cc(Br)c2n1C(CO)CCO. The Hall–Kier alpha value is -1.92. The molecule has 0 saturated carbocycles. The molecule has 1 heterocycles. The zero-order valence-electron chi connectivity index (χ0n) is 16.7. The number of carbonyl (C=O) groups is 1. The summed E-state index contributed by atoms with van der Waals surface area (Å²) in [6, 6.07) is 8.20. The first kappa shape index (κ1) is 24.7. The number of nitrogens with zero attached hydrogens (tertiary/aromatic N) is 2. The van der Waals surface area contributed by atoms with Gasteiger partial charge in [-0.15, -0.1) is 8.78 Å². The van der Waals surface area contributed by atoms with Crippen molar-refractivity contribution in [3.05, 3.63) is 46.4 Å². The van der Waals surface area contributed by atoms with E-state index in [2.05, 4.69) is 31.0 Å². The smallest absolute Gasteiger partial charge is 0.420 e. The summed E-state index contributed by atoms with van der Waals surface area (Å²) in [7, 11) is 0. The van der Waals surface area contributed by atoms with Gasteiger partial charge >= 0.3 is 5.57 Å². The third-order valence-electron chi connectivity index (χ3n) is 4.54. The summed E-state index contributed by atoms with van der Waals surface area (Å²) in [5.74, 6) is -0.582. The maximum atomic E-state index is 12.8. The standard InChI is InChI=1S/C20H19BrClF2N3O4S/c1-32-19-26-16-9-11(8-15(21)17(16)27(19)13(10-29)6-7-28)18(30)25-12-2-4-14(5-3-12)31-20(22,23)24/h2-5,8-9,13,28-29H,6-7,10H2,1H3,(H,25,30). The number of fused-ring (bicyclic) bond motifs is 1. The Morgan fingerprint density at radius 1 is 1.34 bits per heavy atom. The molecule has 12 heteroatoms. The van der Waals surface area contributed by atoms with Gasteiger partial charge in [-0.3, -0.25) is 4.79 Å². The van der Waals surface area contributed by atoms with Gasteiger partial charge in [0, 0.05) is 33.9 Å². The maximum Gasteiger partial charge on any atom is 0.487 e. The number of nitrogens with one attached hydrogen (secondary N) is 1. The zero-order chi connectivity index (χ0) is 23.5. The van der Waals surface area contributed by atoms with Gasteiger partial charge in [0.1, 0.15) is 5.75 Å². The average Bonchev–Trinajstić information content (AvgIpc) is 3.11. The zero-order valence-corrected chi connectivity index (χ0v) is 19.8. The van der Waals surface area contributed by atoms with Gasteiger partial charge in [0.15, 0.2) is 5.16 Å². The van der Waals surface area contributed by atoms with Crippen molar-refractivity contribution >= 4 is 61.9 Å². The fourth-order valence-electron chi connectivity index (χ4n) is 3.17. The molecule has 2 aromatic carbocycles. The predicted molar refractivity (Wildman–Crippen MR) is 123 cm³/mol. The quantitative estimate of drug-likeness (QED) is 0.260. The highest BCUT2D eigenvalue weighted by atomic mass is 79.9. The lowest BCUT2D eigenvalue weighted by Gasteiger charge is -2.18. The molecular formula is C20H19BrClF2N3O4S. The molecule has 0 fully saturated rings. The van der Waals surface area contributed by atoms with E-state index < -0.39 is 11.5 Å². The van der Waals surface area contributed by atoms with Gasteiger partial charge in [-0.1, -0.05) is 11.8 Å². The lowest BCUT2D eigenvalue weighted by Crippen LogP contribution is -2.16. The minimum Gasteiger partial charge on any atom is -0.420 e. The number of aliphatic hydroxyl groups excluding tert-OH is 2. The summed E-state index contributed by atoms with van der Waals surface area (Å²) in [6.45, 7) is -0.271. The van der Waals surface area contributed by atoms with Crippen LogP contribution in [0, 0.1) is 0 Å². The number of halogens is 4. The molecule has 0 saturated heterocycles. The second-order valence-electron chi connectivity index (χ2n) is 6.67. The number of aliphatic hydroxyl groups is 2. The number of alkyl halides is 3. The van der Waals surface area contributed by atoms with Gasteiger partial charge in [-0.2, -0.15) is 0 Å². The van der Waals surface area contributed by atoms with Crippen molar-refractivity contribution < 1.29 is 28.5 Å². The Labute approximate surface area is 199 Å². The van der Waals surface area contributed by atoms with Crippen LogP contribution in [0.15, 0.2) is 46.0 Å². The molecule has 3 rings (SSSR count). The Kier molecular flexibility index (Phi) is 7.99. The van der Waals surface area contributed by atoms with E-state index in [0.717, 1.165) is 0 Å². The van der Waals surface area contributed by atoms with Crippen molar-refractivity contribution in [3.8, 4) is 5.75 Å². The molecule has 1 unspecified atom stereocenters. The van der Waals surface area contributed by atoms with Crippen molar-refractivity contribution in [1.82, 2.24) is 9.55 Å². The van der Waals surface area contributed by atoms with E-state index in [4.69, 9.17) is 11.6 Å². The lowest BCUT2D eigenvalue weighted by atomic mass is 10.1. The van der Waals surface area contributed by atoms with Gasteiger partial charge in [0.05, 0.1) is 23.7 Å². The molecule has 172 valence electrons. The molecule has 1 atom stereocenters. The van der Waals surface area contributed by atoms with Crippen molar-refractivity contribution in [2.45, 2.75) is 23.2 Å². The third-order valence-corrected chi connectivity index (χ3v) is 5.87. The number of aromatic nitrogens is 2. The molecule has 1 amide bonds. The molecule has 3 aromatic rings. The molecule has 0 spiro atoms. The minimum absolute atomic E-state index is 0.0941. The molecule has 3 N–H and O–H groups in total. The van der Waals surface area contributed by atoms with E-state index in [-0.39, 0.29) is 25.0 Å². The Morgan fingerprint density at radius 2 is 2.03 bits per heavy atom. The van der Waals surface area contributed by atoms with Gasteiger partial charge in [-0.05, 0) is 65.0 Å². The number of ether oxygens (including phenoxy) is 1. The molecule has 0 aliphatic heterocycles. The van der Waals surface area contributed by atoms with E-state index in [1.807, 2.05) is 10.8 Å². The summed E-state index contributed by atoms with van der Waals surface area (Å²) < 4.78 is 32.1. The van der Waals surface area contributed by atoms with Crippen molar-refractivity contribution in [2.75, 3.05) is 24.8 Å². The van der Waals surface area contributed by atoms with Crippen LogP contribution in [0.25, 0.3) is 11.0 Å². The molecule has 32 heavy (non-hydrogen) atoms. The molecule has 0 aliphatic rings. The number of benzene rings is 2. The Morgan fingerprint density at radius 3 is 2.59 bits per heavy atom. The number of thioether (sulfide) groups is 1. The van der Waals surface area contributed by atoms with Crippen molar-refractivity contribution in [2.24, 2.45) is 0 Å². The first-order valence-electron chi connectivity index (χ1n) is 9.31. The number of anilines is 1. The molecule has 0 aliphatic carbocycles. The predicted octanol–water partition coefficient (Wildman–Crippen LogP) is 4.86. The van der Waals surface area contributed by atoms with E-state index in [0.29, 0.717) is 38.3 Å². The Balaban J connectivity index is 1.88. The van der Waals surface area contributed by atoms with Crippen molar-refractivity contribution in [3.63, 3.8) is 0 Å². The molecular weight excluding hydrogens is 532 g/mol. The first-order chi connectivity index (χ1) is 15.2. The van der Waals surface area contributed by atoms with Crippen LogP contribution in [0.2, 0.25) is 0 Å². The summed E-state index contributed by atoms with van der Waals surface area (Å²) >= 11 is 9.61. The number of amides is 1. The third kappa shape index (κ3) is 5.70. The topological polar surface area (TPSA) is 96.6 Å². The number of carbonyl (C=O) groups excluding carboxylic acids is 1. The molecule has 0 radical (unpaired) electrons. The largest absolute Gasteiger partial charge is 0.487 e. The van der Waals surface area contributed by atoms with E-state index in [1.54, 1.807) is 12.1 Å².